The van der Waals surface area contributed by atoms with Gasteiger partial charge >= 0.3 is 0 Å². The van der Waals surface area contributed by atoms with E-state index in [0.717, 1.165) is 39.0 Å². The highest BCUT2D eigenvalue weighted by molar-refractivity contribution is 5.81. The molecule has 1 saturated carbocycles. The van der Waals surface area contributed by atoms with E-state index in [-0.39, 0.29) is 0 Å². The van der Waals surface area contributed by atoms with E-state index in [1.807, 2.05) is 0 Å². The number of carbonyl (C=O) groups excluding carboxylic acids is 1. The maximum Gasteiger partial charge on any atom is 0.225 e. The monoisotopic (exact) mass is 286 g/mol. The summed E-state index contributed by atoms with van der Waals surface area (Å²) in [5.41, 5.74) is 4.17. The molecular formula is C18H26N2O. The Morgan fingerprint density at radius 1 is 1.14 bits per heavy atom. The molecule has 1 saturated heterocycles. The van der Waals surface area contributed by atoms with Crippen LogP contribution in [0.15, 0.2) is 18.2 Å². The normalized spacial score (nSPS) is 19.2. The van der Waals surface area contributed by atoms with Gasteiger partial charge in [0.2, 0.25) is 5.91 Å². The summed E-state index contributed by atoms with van der Waals surface area (Å²) in [6.07, 6.45) is 2.21. The number of para-hydroxylation sites is 1. The molecule has 0 radical (unpaired) electrons. The third-order valence-electron chi connectivity index (χ3n) is 4.73. The van der Waals surface area contributed by atoms with E-state index in [9.17, 15) is 4.79 Å². The largest absolute Gasteiger partial charge is 0.368 e. The van der Waals surface area contributed by atoms with E-state index >= 15 is 0 Å². The van der Waals surface area contributed by atoms with Gasteiger partial charge in [-0.25, -0.2) is 0 Å². The van der Waals surface area contributed by atoms with Gasteiger partial charge in [0.15, 0.2) is 0 Å². The fourth-order valence-corrected chi connectivity index (χ4v) is 3.32. The molecule has 0 spiro atoms. The third kappa shape index (κ3) is 2.92. The first-order valence-electron chi connectivity index (χ1n) is 8.21. The van der Waals surface area contributed by atoms with Crippen LogP contribution in [0.3, 0.4) is 0 Å². The van der Waals surface area contributed by atoms with Gasteiger partial charge in [-0.3, -0.25) is 4.79 Å². The lowest BCUT2D eigenvalue weighted by Crippen LogP contribution is -2.49. The Morgan fingerprint density at radius 2 is 1.81 bits per heavy atom. The summed E-state index contributed by atoms with van der Waals surface area (Å²) >= 11 is 0. The number of carbonyl (C=O) groups is 1. The Hall–Kier alpha value is -1.51. The molecule has 0 aromatic heterocycles. The number of aryl methyl sites for hydroxylation is 1. The molecule has 21 heavy (non-hydrogen) atoms. The van der Waals surface area contributed by atoms with E-state index in [4.69, 9.17) is 0 Å². The third-order valence-corrected chi connectivity index (χ3v) is 4.73. The lowest BCUT2D eigenvalue weighted by Gasteiger charge is -2.38. The number of anilines is 1. The van der Waals surface area contributed by atoms with Gasteiger partial charge in [-0.2, -0.15) is 0 Å². The molecule has 1 amide bonds. The molecule has 1 heterocycles. The molecule has 3 rings (SSSR count). The van der Waals surface area contributed by atoms with Crippen molar-refractivity contribution in [2.75, 3.05) is 31.1 Å². The van der Waals surface area contributed by atoms with Crippen LogP contribution >= 0.6 is 0 Å². The summed E-state index contributed by atoms with van der Waals surface area (Å²) in [4.78, 5) is 16.7. The number of hydrogen-bond acceptors (Lipinski definition) is 2. The Balaban J connectivity index is 1.73. The first-order chi connectivity index (χ1) is 10.1. The molecular weight excluding hydrogens is 260 g/mol. The van der Waals surface area contributed by atoms with Crippen molar-refractivity contribution in [1.82, 2.24) is 4.90 Å². The highest BCUT2D eigenvalue weighted by Gasteiger charge is 2.34. The molecule has 2 aliphatic rings. The summed E-state index contributed by atoms with van der Waals surface area (Å²) in [6, 6.07) is 6.60. The highest BCUT2D eigenvalue weighted by atomic mass is 16.2. The summed E-state index contributed by atoms with van der Waals surface area (Å²) in [7, 11) is 0. The van der Waals surface area contributed by atoms with Gasteiger partial charge in [-0.15, -0.1) is 0 Å². The molecule has 0 N–H and O–H groups in total. The van der Waals surface area contributed by atoms with Crippen molar-refractivity contribution in [2.45, 2.75) is 39.5 Å². The van der Waals surface area contributed by atoms with Crippen LogP contribution < -0.4 is 4.90 Å². The average Bonchev–Trinajstić information content (AvgIpc) is 3.31. The van der Waals surface area contributed by atoms with Crippen molar-refractivity contribution >= 4 is 11.6 Å². The lowest BCUT2D eigenvalue weighted by molar-refractivity contribution is -0.132. The van der Waals surface area contributed by atoms with Crippen LogP contribution in [0.1, 0.15) is 43.7 Å². The van der Waals surface area contributed by atoms with Crippen LogP contribution in [0.2, 0.25) is 0 Å². The predicted octanol–water partition coefficient (Wildman–Crippen LogP) is 3.18. The zero-order valence-electron chi connectivity index (χ0n) is 13.4. The van der Waals surface area contributed by atoms with Crippen molar-refractivity contribution in [2.24, 2.45) is 5.92 Å². The minimum Gasteiger partial charge on any atom is -0.368 e. The number of piperazine rings is 1. The van der Waals surface area contributed by atoms with Gasteiger partial charge in [-0.1, -0.05) is 32.0 Å². The van der Waals surface area contributed by atoms with Crippen LogP contribution in [0.25, 0.3) is 0 Å². The molecule has 3 heteroatoms. The first-order valence-corrected chi connectivity index (χ1v) is 8.21. The summed E-state index contributed by atoms with van der Waals surface area (Å²) in [6.45, 7) is 10.4. The molecule has 0 unspecified atom stereocenters. The van der Waals surface area contributed by atoms with Gasteiger partial charge in [0.25, 0.3) is 0 Å². The van der Waals surface area contributed by atoms with Gasteiger partial charge in [0.05, 0.1) is 0 Å². The van der Waals surface area contributed by atoms with Crippen molar-refractivity contribution in [3.05, 3.63) is 29.3 Å². The average molecular weight is 286 g/mol. The van der Waals surface area contributed by atoms with Crippen molar-refractivity contribution in [3.8, 4) is 0 Å². The van der Waals surface area contributed by atoms with Crippen molar-refractivity contribution < 1.29 is 4.79 Å². The number of hydrogen-bond donors (Lipinski definition) is 0. The number of benzene rings is 1. The molecule has 114 valence electrons. The van der Waals surface area contributed by atoms with Crippen LogP contribution in [-0.4, -0.2) is 37.0 Å². The zero-order chi connectivity index (χ0) is 15.0. The number of rotatable bonds is 3. The molecule has 1 aromatic rings. The molecule has 0 atom stereocenters. The maximum atomic E-state index is 12.2. The van der Waals surface area contributed by atoms with Crippen LogP contribution in [-0.2, 0) is 4.79 Å². The van der Waals surface area contributed by atoms with E-state index < -0.39 is 0 Å². The zero-order valence-corrected chi connectivity index (χ0v) is 13.4. The highest BCUT2D eigenvalue weighted by Crippen LogP contribution is 2.33. The van der Waals surface area contributed by atoms with Crippen molar-refractivity contribution in [3.63, 3.8) is 0 Å². The molecule has 1 aliphatic carbocycles. The second-order valence-corrected chi connectivity index (χ2v) is 6.75. The Labute approximate surface area is 127 Å². The standard InChI is InChI=1S/C18H26N2O/c1-13(2)16-6-4-5-14(3)17(16)19-9-11-20(12-10-19)18(21)15-7-8-15/h4-6,13,15H,7-12H2,1-3H3. The van der Waals surface area contributed by atoms with Crippen LogP contribution in [0.4, 0.5) is 5.69 Å². The maximum absolute atomic E-state index is 12.2. The Kier molecular flexibility index (Phi) is 3.92. The lowest BCUT2D eigenvalue weighted by atomic mass is 9.97. The SMILES string of the molecule is Cc1cccc(C(C)C)c1N1CCN(C(=O)C2CC2)CC1. The molecule has 0 bridgehead atoms. The first kappa shape index (κ1) is 14.4. The van der Waals surface area contributed by atoms with E-state index in [1.165, 1.54) is 16.8 Å². The van der Waals surface area contributed by atoms with Gasteiger partial charge in [0, 0.05) is 37.8 Å². The second-order valence-electron chi connectivity index (χ2n) is 6.75. The minimum atomic E-state index is 0.348. The summed E-state index contributed by atoms with van der Waals surface area (Å²) < 4.78 is 0. The predicted molar refractivity (Wildman–Crippen MR) is 86.8 cm³/mol. The smallest absolute Gasteiger partial charge is 0.225 e. The molecule has 3 nitrogen and oxygen atoms in total. The van der Waals surface area contributed by atoms with Crippen LogP contribution in [0, 0.1) is 12.8 Å². The van der Waals surface area contributed by atoms with Gasteiger partial charge < -0.3 is 9.80 Å². The van der Waals surface area contributed by atoms with E-state index in [0.29, 0.717) is 17.7 Å². The quantitative estimate of drug-likeness (QED) is 0.852. The van der Waals surface area contributed by atoms with Crippen LogP contribution in [0.5, 0.6) is 0 Å². The summed E-state index contributed by atoms with van der Waals surface area (Å²) in [5.74, 6) is 1.27. The molecule has 1 aromatic carbocycles. The van der Waals surface area contributed by atoms with Crippen molar-refractivity contribution in [1.29, 1.82) is 0 Å². The Bertz CT molecular complexity index is 526. The Morgan fingerprint density at radius 3 is 2.38 bits per heavy atom. The number of amides is 1. The fourth-order valence-electron chi connectivity index (χ4n) is 3.32. The minimum absolute atomic E-state index is 0.348. The van der Waals surface area contributed by atoms with Gasteiger partial charge in [-0.05, 0) is 36.8 Å². The topological polar surface area (TPSA) is 23.6 Å². The molecule has 1 aliphatic heterocycles. The van der Waals surface area contributed by atoms with E-state index in [2.05, 4.69) is 48.8 Å². The second kappa shape index (κ2) is 5.70. The summed E-state index contributed by atoms with van der Waals surface area (Å²) in [5, 5.41) is 0. The van der Waals surface area contributed by atoms with E-state index in [1.54, 1.807) is 0 Å². The number of nitrogens with zero attached hydrogens (tertiary/aromatic N) is 2. The van der Waals surface area contributed by atoms with Gasteiger partial charge in [0.1, 0.15) is 0 Å². The fraction of sp³-hybridized carbons (Fsp3) is 0.611. The molecule has 2 fully saturated rings.